The Labute approximate surface area is 106 Å². The first-order valence-electron chi connectivity index (χ1n) is 6.62. The molecular formula is C15H27NO. The van der Waals surface area contributed by atoms with Crippen LogP contribution in [0.15, 0.2) is 23.3 Å². The van der Waals surface area contributed by atoms with Crippen molar-refractivity contribution in [1.29, 1.82) is 0 Å². The van der Waals surface area contributed by atoms with Gasteiger partial charge in [-0.3, -0.25) is 4.79 Å². The van der Waals surface area contributed by atoms with E-state index in [0.29, 0.717) is 13.0 Å². The molecule has 1 amide bonds. The summed E-state index contributed by atoms with van der Waals surface area (Å²) in [6.07, 6.45) is 9.24. The Morgan fingerprint density at radius 1 is 1.12 bits per heavy atom. The highest BCUT2D eigenvalue weighted by Gasteiger charge is 1.97. The van der Waals surface area contributed by atoms with E-state index in [2.05, 4.69) is 45.2 Å². The molecule has 0 radical (unpaired) electrons. The van der Waals surface area contributed by atoms with Crippen molar-refractivity contribution in [3.05, 3.63) is 23.3 Å². The van der Waals surface area contributed by atoms with Crippen molar-refractivity contribution in [2.75, 3.05) is 6.54 Å². The molecule has 0 heterocycles. The van der Waals surface area contributed by atoms with Crippen LogP contribution in [-0.2, 0) is 4.79 Å². The van der Waals surface area contributed by atoms with Crippen LogP contribution in [0.1, 0.15) is 59.8 Å². The van der Waals surface area contributed by atoms with Gasteiger partial charge >= 0.3 is 0 Å². The van der Waals surface area contributed by atoms with Crippen LogP contribution in [0.3, 0.4) is 0 Å². The monoisotopic (exact) mass is 237 g/mol. The number of unbranched alkanes of at least 4 members (excludes halogenated alkanes) is 1. The lowest BCUT2D eigenvalue weighted by atomic mass is 10.1. The van der Waals surface area contributed by atoms with Crippen molar-refractivity contribution in [2.45, 2.75) is 59.8 Å². The average Bonchev–Trinajstić information content (AvgIpc) is 2.25. The summed E-state index contributed by atoms with van der Waals surface area (Å²) in [4.78, 5) is 11.3. The Balaban J connectivity index is 3.69. The van der Waals surface area contributed by atoms with Gasteiger partial charge in [0.1, 0.15) is 0 Å². The molecule has 0 aromatic rings. The predicted molar refractivity (Wildman–Crippen MR) is 75.0 cm³/mol. The summed E-state index contributed by atoms with van der Waals surface area (Å²) in [6, 6.07) is 0. The van der Waals surface area contributed by atoms with E-state index in [-0.39, 0.29) is 5.91 Å². The summed E-state index contributed by atoms with van der Waals surface area (Å²) in [5.41, 5.74) is 2.71. The van der Waals surface area contributed by atoms with E-state index >= 15 is 0 Å². The first kappa shape index (κ1) is 16.0. The van der Waals surface area contributed by atoms with Gasteiger partial charge in [0.05, 0.1) is 0 Å². The standard InChI is InChI=1S/C15H27NO/c1-5-6-10-15(17)16-12-11-14(4)9-7-8-13(2)3/h8,11H,5-7,9-10,12H2,1-4H3,(H,16,17). The van der Waals surface area contributed by atoms with Gasteiger partial charge in [0.15, 0.2) is 0 Å². The zero-order chi connectivity index (χ0) is 13.1. The van der Waals surface area contributed by atoms with Crippen LogP contribution in [0.2, 0.25) is 0 Å². The average molecular weight is 237 g/mol. The molecule has 0 unspecified atom stereocenters. The Kier molecular flexibility index (Phi) is 9.50. The number of rotatable bonds is 8. The number of hydrogen-bond acceptors (Lipinski definition) is 1. The van der Waals surface area contributed by atoms with Crippen LogP contribution in [0.25, 0.3) is 0 Å². The van der Waals surface area contributed by atoms with Crippen molar-refractivity contribution in [3.63, 3.8) is 0 Å². The van der Waals surface area contributed by atoms with Crippen LogP contribution in [0, 0.1) is 0 Å². The molecule has 0 aromatic carbocycles. The molecule has 0 aromatic heterocycles. The zero-order valence-corrected chi connectivity index (χ0v) is 11.8. The van der Waals surface area contributed by atoms with E-state index < -0.39 is 0 Å². The molecule has 0 rings (SSSR count). The van der Waals surface area contributed by atoms with Gasteiger partial charge in [-0.2, -0.15) is 0 Å². The van der Waals surface area contributed by atoms with Gasteiger partial charge in [0, 0.05) is 13.0 Å². The second-order valence-corrected chi connectivity index (χ2v) is 4.78. The van der Waals surface area contributed by atoms with Crippen molar-refractivity contribution in [2.24, 2.45) is 0 Å². The van der Waals surface area contributed by atoms with Gasteiger partial charge in [0.25, 0.3) is 0 Å². The van der Waals surface area contributed by atoms with Crippen molar-refractivity contribution in [3.8, 4) is 0 Å². The van der Waals surface area contributed by atoms with Gasteiger partial charge in [-0.15, -0.1) is 0 Å². The smallest absolute Gasteiger partial charge is 0.220 e. The van der Waals surface area contributed by atoms with E-state index in [1.165, 1.54) is 11.1 Å². The van der Waals surface area contributed by atoms with E-state index in [0.717, 1.165) is 25.7 Å². The summed E-state index contributed by atoms with van der Waals surface area (Å²) >= 11 is 0. The SMILES string of the molecule is CCCCC(=O)NCC=C(C)CCC=C(C)C. The summed E-state index contributed by atoms with van der Waals surface area (Å²) in [5, 5.41) is 2.92. The Bertz CT molecular complexity index is 273. The van der Waals surface area contributed by atoms with E-state index in [4.69, 9.17) is 0 Å². The van der Waals surface area contributed by atoms with Gasteiger partial charge in [-0.1, -0.05) is 36.6 Å². The normalized spacial score (nSPS) is 11.2. The minimum absolute atomic E-state index is 0.167. The fraction of sp³-hybridized carbons (Fsp3) is 0.667. The molecule has 0 spiro atoms. The van der Waals surface area contributed by atoms with Gasteiger partial charge < -0.3 is 5.32 Å². The molecule has 0 bridgehead atoms. The van der Waals surface area contributed by atoms with Crippen LogP contribution >= 0.6 is 0 Å². The van der Waals surface area contributed by atoms with Crippen molar-refractivity contribution >= 4 is 5.91 Å². The highest BCUT2D eigenvalue weighted by atomic mass is 16.1. The number of nitrogens with one attached hydrogen (secondary N) is 1. The molecule has 2 nitrogen and oxygen atoms in total. The number of hydrogen-bond donors (Lipinski definition) is 1. The Morgan fingerprint density at radius 2 is 1.82 bits per heavy atom. The first-order chi connectivity index (χ1) is 8.06. The predicted octanol–water partition coefficient (Wildman–Crippen LogP) is 3.99. The summed E-state index contributed by atoms with van der Waals surface area (Å²) in [6.45, 7) is 9.13. The topological polar surface area (TPSA) is 29.1 Å². The molecule has 0 saturated carbocycles. The molecule has 0 aliphatic rings. The van der Waals surface area contributed by atoms with E-state index in [9.17, 15) is 4.79 Å². The summed E-state index contributed by atoms with van der Waals surface area (Å²) in [5.74, 6) is 0.167. The number of allylic oxidation sites excluding steroid dienone is 3. The second-order valence-electron chi connectivity index (χ2n) is 4.78. The minimum atomic E-state index is 0.167. The third-order valence-corrected chi connectivity index (χ3v) is 2.60. The summed E-state index contributed by atoms with van der Waals surface area (Å²) in [7, 11) is 0. The molecule has 98 valence electrons. The first-order valence-corrected chi connectivity index (χ1v) is 6.62. The van der Waals surface area contributed by atoms with Crippen molar-refractivity contribution < 1.29 is 4.79 Å². The Morgan fingerprint density at radius 3 is 2.41 bits per heavy atom. The van der Waals surface area contributed by atoms with Crippen LogP contribution in [0.4, 0.5) is 0 Å². The minimum Gasteiger partial charge on any atom is -0.353 e. The third kappa shape index (κ3) is 11.2. The maximum absolute atomic E-state index is 11.3. The fourth-order valence-corrected chi connectivity index (χ4v) is 1.46. The fourth-order valence-electron chi connectivity index (χ4n) is 1.46. The number of amides is 1. The molecule has 0 fully saturated rings. The van der Waals surface area contributed by atoms with Crippen LogP contribution in [-0.4, -0.2) is 12.5 Å². The largest absolute Gasteiger partial charge is 0.353 e. The molecule has 0 atom stereocenters. The van der Waals surface area contributed by atoms with Crippen LogP contribution in [0.5, 0.6) is 0 Å². The molecule has 0 aliphatic heterocycles. The lowest BCUT2D eigenvalue weighted by Gasteiger charge is -2.03. The number of carbonyl (C=O) groups excluding carboxylic acids is 1. The van der Waals surface area contributed by atoms with E-state index in [1.807, 2.05) is 0 Å². The summed E-state index contributed by atoms with van der Waals surface area (Å²) < 4.78 is 0. The highest BCUT2D eigenvalue weighted by Crippen LogP contribution is 2.05. The highest BCUT2D eigenvalue weighted by molar-refractivity contribution is 5.75. The van der Waals surface area contributed by atoms with E-state index in [1.54, 1.807) is 0 Å². The lowest BCUT2D eigenvalue weighted by Crippen LogP contribution is -2.22. The van der Waals surface area contributed by atoms with Crippen LogP contribution < -0.4 is 5.32 Å². The quantitative estimate of drug-likeness (QED) is 0.635. The molecule has 0 aliphatic carbocycles. The molecule has 0 saturated heterocycles. The second kappa shape index (κ2) is 10.1. The van der Waals surface area contributed by atoms with Gasteiger partial charge in [-0.25, -0.2) is 0 Å². The molecular weight excluding hydrogens is 210 g/mol. The van der Waals surface area contributed by atoms with Gasteiger partial charge in [0.2, 0.25) is 5.91 Å². The van der Waals surface area contributed by atoms with Gasteiger partial charge in [-0.05, 0) is 40.0 Å². The third-order valence-electron chi connectivity index (χ3n) is 2.60. The maximum atomic E-state index is 11.3. The number of carbonyl (C=O) groups is 1. The zero-order valence-electron chi connectivity index (χ0n) is 11.8. The maximum Gasteiger partial charge on any atom is 0.220 e. The molecule has 17 heavy (non-hydrogen) atoms. The molecule has 1 N–H and O–H groups in total. The van der Waals surface area contributed by atoms with Crippen molar-refractivity contribution in [1.82, 2.24) is 5.32 Å². The molecule has 2 heteroatoms. The lowest BCUT2D eigenvalue weighted by molar-refractivity contribution is -0.120. The Hall–Kier alpha value is -1.05.